The summed E-state index contributed by atoms with van der Waals surface area (Å²) in [5, 5.41) is 21.9. The van der Waals surface area contributed by atoms with Crippen molar-refractivity contribution >= 4 is 5.69 Å². The standard InChI is InChI=1S/C18H29FN2O2/c1-14(20-9-3-2-4-12-22)17-13-15(19)5-6-18(17)21-10-7-16(23)8-11-21/h5-6,13-14,16,20,22-23H,2-4,7-12H2,1H3. The van der Waals surface area contributed by atoms with Crippen LogP contribution in [-0.4, -0.2) is 42.6 Å². The molecule has 0 aliphatic carbocycles. The Morgan fingerprint density at radius 3 is 2.70 bits per heavy atom. The summed E-state index contributed by atoms with van der Waals surface area (Å²) in [4.78, 5) is 2.24. The zero-order chi connectivity index (χ0) is 16.7. The summed E-state index contributed by atoms with van der Waals surface area (Å²) in [6.45, 7) is 4.77. The van der Waals surface area contributed by atoms with Crippen LogP contribution in [0.3, 0.4) is 0 Å². The van der Waals surface area contributed by atoms with Gasteiger partial charge in [-0.2, -0.15) is 0 Å². The van der Waals surface area contributed by atoms with Crippen molar-refractivity contribution in [3.05, 3.63) is 29.6 Å². The number of anilines is 1. The van der Waals surface area contributed by atoms with Crippen LogP contribution in [0.15, 0.2) is 18.2 Å². The van der Waals surface area contributed by atoms with E-state index in [9.17, 15) is 9.50 Å². The number of piperidine rings is 1. The first kappa shape index (κ1) is 18.2. The maximum Gasteiger partial charge on any atom is 0.123 e. The number of nitrogens with zero attached hydrogens (tertiary/aromatic N) is 1. The zero-order valence-corrected chi connectivity index (χ0v) is 14.0. The summed E-state index contributed by atoms with van der Waals surface area (Å²) in [6, 6.07) is 5.05. The van der Waals surface area contributed by atoms with Crippen molar-refractivity contribution in [1.29, 1.82) is 0 Å². The Bertz CT molecular complexity index is 476. The van der Waals surface area contributed by atoms with Crippen molar-refractivity contribution in [1.82, 2.24) is 5.32 Å². The molecule has 1 aromatic carbocycles. The Kier molecular flexibility index (Phi) is 7.27. The SMILES string of the molecule is CC(NCCCCCO)c1cc(F)ccc1N1CCC(O)CC1. The molecule has 0 spiro atoms. The molecule has 2 rings (SSSR count). The summed E-state index contributed by atoms with van der Waals surface area (Å²) in [6.07, 6.45) is 4.15. The number of aliphatic hydroxyl groups is 2. The Morgan fingerprint density at radius 1 is 1.26 bits per heavy atom. The molecule has 1 unspecified atom stereocenters. The fraction of sp³-hybridized carbons (Fsp3) is 0.667. The quantitative estimate of drug-likeness (QED) is 0.644. The van der Waals surface area contributed by atoms with Gasteiger partial charge in [0.05, 0.1) is 6.10 Å². The summed E-state index contributed by atoms with van der Waals surface area (Å²) < 4.78 is 13.7. The van der Waals surface area contributed by atoms with Crippen molar-refractivity contribution in [3.8, 4) is 0 Å². The van der Waals surface area contributed by atoms with Gasteiger partial charge in [0.2, 0.25) is 0 Å². The number of hydrogen-bond donors (Lipinski definition) is 3. The van der Waals surface area contributed by atoms with Crippen LogP contribution in [0.5, 0.6) is 0 Å². The van der Waals surface area contributed by atoms with Crippen LogP contribution in [0.4, 0.5) is 10.1 Å². The number of nitrogens with one attached hydrogen (secondary N) is 1. The van der Waals surface area contributed by atoms with Gasteiger partial charge in [0, 0.05) is 31.4 Å². The second-order valence-electron chi connectivity index (χ2n) is 6.38. The van der Waals surface area contributed by atoms with Crippen LogP contribution in [-0.2, 0) is 0 Å². The molecule has 0 bridgehead atoms. The van der Waals surface area contributed by atoms with Gasteiger partial charge in [0.15, 0.2) is 0 Å². The van der Waals surface area contributed by atoms with Gasteiger partial charge in [0.25, 0.3) is 0 Å². The fourth-order valence-corrected chi connectivity index (χ4v) is 3.11. The highest BCUT2D eigenvalue weighted by molar-refractivity contribution is 5.55. The maximum absolute atomic E-state index is 13.7. The number of rotatable bonds is 8. The fourth-order valence-electron chi connectivity index (χ4n) is 3.11. The first-order valence-corrected chi connectivity index (χ1v) is 8.68. The van der Waals surface area contributed by atoms with E-state index in [2.05, 4.69) is 17.1 Å². The van der Waals surface area contributed by atoms with E-state index < -0.39 is 0 Å². The Hall–Kier alpha value is -1.17. The molecular formula is C18H29FN2O2. The molecule has 1 aromatic rings. The molecule has 0 aromatic heterocycles. The average Bonchev–Trinajstić information content (AvgIpc) is 2.55. The molecule has 4 nitrogen and oxygen atoms in total. The van der Waals surface area contributed by atoms with Gasteiger partial charge in [-0.1, -0.05) is 0 Å². The topological polar surface area (TPSA) is 55.7 Å². The van der Waals surface area contributed by atoms with Crippen LogP contribution in [0.25, 0.3) is 0 Å². The van der Waals surface area contributed by atoms with Gasteiger partial charge in [-0.15, -0.1) is 0 Å². The highest BCUT2D eigenvalue weighted by atomic mass is 19.1. The van der Waals surface area contributed by atoms with Gasteiger partial charge in [-0.05, 0) is 69.3 Å². The number of halogens is 1. The lowest BCUT2D eigenvalue weighted by atomic mass is 10.0. The first-order chi connectivity index (χ1) is 11.1. The predicted molar refractivity (Wildman–Crippen MR) is 91.2 cm³/mol. The molecule has 23 heavy (non-hydrogen) atoms. The number of hydrogen-bond acceptors (Lipinski definition) is 4. The Labute approximate surface area is 138 Å². The van der Waals surface area contributed by atoms with Crippen molar-refractivity contribution in [2.75, 3.05) is 31.1 Å². The van der Waals surface area contributed by atoms with Gasteiger partial charge < -0.3 is 20.4 Å². The summed E-state index contributed by atoms with van der Waals surface area (Å²) in [5.74, 6) is -0.213. The minimum atomic E-state index is -0.213. The molecule has 0 amide bonds. The van der Waals surface area contributed by atoms with Crippen molar-refractivity contribution in [3.63, 3.8) is 0 Å². The van der Waals surface area contributed by atoms with E-state index in [1.54, 1.807) is 6.07 Å². The van der Waals surface area contributed by atoms with Crippen LogP contribution in [0, 0.1) is 5.82 Å². The molecule has 1 saturated heterocycles. The Balaban J connectivity index is 2.00. The maximum atomic E-state index is 13.7. The summed E-state index contributed by atoms with van der Waals surface area (Å²) >= 11 is 0. The zero-order valence-electron chi connectivity index (χ0n) is 14.0. The van der Waals surface area contributed by atoms with Gasteiger partial charge in [-0.25, -0.2) is 4.39 Å². The minimum absolute atomic E-state index is 0.0710. The van der Waals surface area contributed by atoms with Crippen LogP contribution < -0.4 is 10.2 Å². The normalized spacial score (nSPS) is 17.5. The molecule has 1 aliphatic heterocycles. The second-order valence-corrected chi connectivity index (χ2v) is 6.38. The van der Waals surface area contributed by atoms with Crippen LogP contribution >= 0.6 is 0 Å². The highest BCUT2D eigenvalue weighted by Crippen LogP contribution is 2.29. The number of unbranched alkanes of at least 4 members (excludes halogenated alkanes) is 2. The Morgan fingerprint density at radius 2 is 2.00 bits per heavy atom. The third kappa shape index (κ3) is 5.44. The lowest BCUT2D eigenvalue weighted by Crippen LogP contribution is -2.37. The van der Waals surface area contributed by atoms with E-state index in [0.717, 1.165) is 63.0 Å². The van der Waals surface area contributed by atoms with Crippen molar-refractivity contribution < 1.29 is 14.6 Å². The molecule has 0 saturated carbocycles. The van der Waals surface area contributed by atoms with Gasteiger partial charge in [-0.3, -0.25) is 0 Å². The van der Waals surface area contributed by atoms with E-state index in [0.29, 0.717) is 0 Å². The third-order valence-corrected chi connectivity index (χ3v) is 4.55. The van der Waals surface area contributed by atoms with E-state index in [-0.39, 0.29) is 24.6 Å². The monoisotopic (exact) mass is 324 g/mol. The van der Waals surface area contributed by atoms with E-state index in [1.807, 2.05) is 6.07 Å². The second kappa shape index (κ2) is 9.21. The molecule has 130 valence electrons. The lowest BCUT2D eigenvalue weighted by molar-refractivity contribution is 0.145. The van der Waals surface area contributed by atoms with Gasteiger partial charge in [0.1, 0.15) is 5.82 Å². The molecule has 1 aliphatic rings. The van der Waals surface area contributed by atoms with Crippen LogP contribution in [0.1, 0.15) is 50.6 Å². The molecule has 1 fully saturated rings. The smallest absolute Gasteiger partial charge is 0.123 e. The molecule has 0 radical (unpaired) electrons. The van der Waals surface area contributed by atoms with Crippen LogP contribution in [0.2, 0.25) is 0 Å². The van der Waals surface area contributed by atoms with E-state index >= 15 is 0 Å². The van der Waals surface area contributed by atoms with E-state index in [1.165, 1.54) is 6.07 Å². The molecule has 5 heteroatoms. The molecule has 3 N–H and O–H groups in total. The predicted octanol–water partition coefficient (Wildman–Crippen LogP) is 2.60. The molecule has 1 atom stereocenters. The van der Waals surface area contributed by atoms with Gasteiger partial charge >= 0.3 is 0 Å². The highest BCUT2D eigenvalue weighted by Gasteiger charge is 2.21. The van der Waals surface area contributed by atoms with Crippen molar-refractivity contribution in [2.24, 2.45) is 0 Å². The average molecular weight is 324 g/mol. The molecular weight excluding hydrogens is 295 g/mol. The molecule has 1 heterocycles. The summed E-state index contributed by atoms with van der Waals surface area (Å²) in [7, 11) is 0. The van der Waals surface area contributed by atoms with Crippen molar-refractivity contribution in [2.45, 2.75) is 51.2 Å². The largest absolute Gasteiger partial charge is 0.396 e. The number of benzene rings is 1. The summed E-state index contributed by atoms with van der Waals surface area (Å²) in [5.41, 5.74) is 2.04. The number of aliphatic hydroxyl groups excluding tert-OH is 2. The first-order valence-electron chi connectivity index (χ1n) is 8.68. The minimum Gasteiger partial charge on any atom is -0.396 e. The third-order valence-electron chi connectivity index (χ3n) is 4.55. The van der Waals surface area contributed by atoms with E-state index in [4.69, 9.17) is 5.11 Å². The lowest BCUT2D eigenvalue weighted by Gasteiger charge is -2.34.